The first-order chi connectivity index (χ1) is 27.5. The molecule has 0 saturated carbocycles. The summed E-state index contributed by atoms with van der Waals surface area (Å²) in [6.45, 7) is 2.10. The first-order valence-electron chi connectivity index (χ1n) is 18.3. The van der Waals surface area contributed by atoms with Crippen molar-refractivity contribution < 1.29 is 4.42 Å². The molecule has 3 heterocycles. The zero-order chi connectivity index (χ0) is 38.0. The Hall–Kier alpha value is -7.22. The third-order valence-electron chi connectivity index (χ3n) is 9.81. The Morgan fingerprint density at radius 2 is 1.04 bits per heavy atom. The van der Waals surface area contributed by atoms with Gasteiger partial charge in [0.05, 0.1) is 16.3 Å². The van der Waals surface area contributed by atoms with Crippen LogP contribution in [0, 0.1) is 12.3 Å². The summed E-state index contributed by atoms with van der Waals surface area (Å²) in [7, 11) is 0. The van der Waals surface area contributed by atoms with Gasteiger partial charge in [0.25, 0.3) is 0 Å². The number of fused-ring (bicyclic) bond motifs is 4. The highest BCUT2D eigenvalue weighted by Gasteiger charge is 2.19. The largest absolute Gasteiger partial charge is 0.456 e. The lowest BCUT2D eigenvalue weighted by Gasteiger charge is -2.09. The summed E-state index contributed by atoms with van der Waals surface area (Å²) >= 11 is 1.58. The highest BCUT2D eigenvalue weighted by molar-refractivity contribution is 7.21. The molecule has 0 atom stereocenters. The summed E-state index contributed by atoms with van der Waals surface area (Å²) in [6.07, 6.45) is 0. The van der Waals surface area contributed by atoms with E-state index in [1.807, 2.05) is 140 Å². The van der Waals surface area contributed by atoms with Gasteiger partial charge in [-0.2, -0.15) is 0 Å². The van der Waals surface area contributed by atoms with E-state index in [9.17, 15) is 0 Å². The van der Waals surface area contributed by atoms with Gasteiger partial charge in [-0.25, -0.2) is 15.0 Å². The van der Waals surface area contributed by atoms with Gasteiger partial charge in [-0.1, -0.05) is 158 Å². The van der Waals surface area contributed by atoms with Crippen molar-refractivity contribution in [1.82, 2.24) is 15.0 Å². The van der Waals surface area contributed by atoms with Gasteiger partial charge >= 0.3 is 0 Å². The molecule has 0 radical (unpaired) electrons. The molecule has 0 saturated heterocycles. The molecule has 3 aromatic heterocycles. The quantitative estimate of drug-likeness (QED) is 0.165. The lowest BCUT2D eigenvalue weighted by atomic mass is 10.0. The van der Waals surface area contributed by atoms with Crippen LogP contribution in [-0.2, 0) is 0 Å². The normalized spacial score (nSPS) is 11.1. The maximum Gasteiger partial charge on any atom is 0.164 e. The molecule has 0 aliphatic rings. The molecule has 10 aromatic rings. The molecule has 3 N–H and O–H groups in total. The Labute approximate surface area is 328 Å². The molecule has 0 aliphatic carbocycles. The molecule has 0 spiro atoms. The fourth-order valence-corrected chi connectivity index (χ4v) is 8.09. The Bertz CT molecular complexity index is 2930. The molecule has 7 heteroatoms. The molecule has 0 bridgehead atoms. The lowest BCUT2D eigenvalue weighted by molar-refractivity contribution is 0.669. The van der Waals surface area contributed by atoms with Crippen molar-refractivity contribution in [1.29, 1.82) is 5.41 Å². The monoisotopic (exact) mass is 741 g/mol. The van der Waals surface area contributed by atoms with Gasteiger partial charge in [0, 0.05) is 43.1 Å². The number of benzene rings is 7. The number of aromatic nitrogens is 3. The van der Waals surface area contributed by atoms with Crippen LogP contribution in [0.5, 0.6) is 0 Å². The topological polar surface area (TPSA) is 102 Å². The smallest absolute Gasteiger partial charge is 0.164 e. The van der Waals surface area contributed by atoms with E-state index >= 15 is 0 Å². The van der Waals surface area contributed by atoms with Crippen LogP contribution < -0.4 is 5.73 Å². The third-order valence-corrected chi connectivity index (χ3v) is 11.0. The van der Waals surface area contributed by atoms with Crippen LogP contribution in [0.4, 0.5) is 5.69 Å². The van der Waals surface area contributed by atoms with Gasteiger partial charge in [0.15, 0.2) is 17.5 Å². The number of rotatable bonds is 6. The van der Waals surface area contributed by atoms with E-state index in [-0.39, 0.29) is 0 Å². The number of aryl methyl sites for hydroxylation is 1. The van der Waals surface area contributed by atoms with Crippen molar-refractivity contribution in [3.8, 4) is 45.3 Å². The summed E-state index contributed by atoms with van der Waals surface area (Å²) in [5.74, 6) is 1.93. The Morgan fingerprint density at radius 1 is 0.518 bits per heavy atom. The number of hydrogen-bond donors (Lipinski definition) is 2. The summed E-state index contributed by atoms with van der Waals surface area (Å²) in [5, 5.41) is 11.7. The number of anilines is 1. The minimum absolute atomic E-state index is 0.480. The first kappa shape index (κ1) is 34.5. The van der Waals surface area contributed by atoms with E-state index < -0.39 is 0 Å². The average Bonchev–Trinajstić information content (AvgIpc) is 3.83. The summed E-state index contributed by atoms with van der Waals surface area (Å²) in [6, 6.07) is 58.6. The molecule has 56 heavy (non-hydrogen) atoms. The van der Waals surface area contributed by atoms with Crippen LogP contribution >= 0.6 is 11.3 Å². The van der Waals surface area contributed by atoms with Crippen LogP contribution in [0.2, 0.25) is 0 Å². The van der Waals surface area contributed by atoms with Crippen LogP contribution in [0.15, 0.2) is 180 Å². The number of hydrogen-bond acceptors (Lipinski definition) is 7. The molecular formula is C49H35N5OS. The molecule has 0 fully saturated rings. The van der Waals surface area contributed by atoms with Crippen LogP contribution in [0.25, 0.3) is 77.3 Å². The second-order valence-corrected chi connectivity index (χ2v) is 14.5. The van der Waals surface area contributed by atoms with Crippen LogP contribution in [0.3, 0.4) is 0 Å². The first-order valence-corrected chi connectivity index (χ1v) is 19.1. The van der Waals surface area contributed by atoms with E-state index in [1.54, 1.807) is 11.3 Å². The van der Waals surface area contributed by atoms with E-state index in [2.05, 4.69) is 43.3 Å². The van der Waals surface area contributed by atoms with Gasteiger partial charge in [-0.15, -0.1) is 11.3 Å². The van der Waals surface area contributed by atoms with E-state index in [0.717, 1.165) is 70.3 Å². The number of nitrogen functional groups attached to an aromatic ring is 1. The number of nitrogens with one attached hydrogen (secondary N) is 1. The molecule has 7 aromatic carbocycles. The van der Waals surface area contributed by atoms with Crippen LogP contribution in [-0.4, -0.2) is 20.7 Å². The van der Waals surface area contributed by atoms with E-state index in [4.69, 9.17) is 30.5 Å². The number of nitrogens with two attached hydrogens (primary N) is 1. The molecule has 268 valence electrons. The minimum atomic E-state index is 0.480. The van der Waals surface area contributed by atoms with Crippen LogP contribution in [0.1, 0.15) is 16.0 Å². The van der Waals surface area contributed by atoms with E-state index in [1.165, 1.54) is 5.56 Å². The molecule has 10 rings (SSSR count). The third kappa shape index (κ3) is 6.61. The average molecular weight is 742 g/mol. The maximum atomic E-state index is 8.55. The zero-order valence-electron chi connectivity index (χ0n) is 30.5. The number of furan rings is 1. The van der Waals surface area contributed by atoms with Gasteiger partial charge in [-0.05, 0) is 41.8 Å². The van der Waals surface area contributed by atoms with Gasteiger partial charge < -0.3 is 10.2 Å². The van der Waals surface area contributed by atoms with Gasteiger partial charge in [0.2, 0.25) is 0 Å². The van der Waals surface area contributed by atoms with E-state index in [0.29, 0.717) is 28.9 Å². The predicted molar refractivity (Wildman–Crippen MR) is 232 cm³/mol. The standard InChI is InChI=1S/C28H19N3O.C21H16N2S/c1-18-10-8-16-22-24(18)25-21(15-9-17-23(25)32-22)28-30-26(19-11-4-2-5-12-19)29-27(31-28)20-13-6-3-7-14-20;22-19(21-20(23)17-8-4-5-9-18(17)24-21)16-12-10-15(11-13-16)14-6-2-1-3-7-14/h2-17H,1H3;1-13,22H,23H2. The predicted octanol–water partition coefficient (Wildman–Crippen LogP) is 12.6. The fourth-order valence-electron chi connectivity index (χ4n) is 7.00. The maximum absolute atomic E-state index is 8.55. The molecule has 0 amide bonds. The second-order valence-electron chi connectivity index (χ2n) is 13.4. The Balaban J connectivity index is 0.000000153. The lowest BCUT2D eigenvalue weighted by Crippen LogP contribution is -2.02. The van der Waals surface area contributed by atoms with Crippen molar-refractivity contribution in [2.45, 2.75) is 6.92 Å². The number of nitrogens with zero attached hydrogens (tertiary/aromatic N) is 3. The van der Waals surface area contributed by atoms with Crippen molar-refractivity contribution in [3.05, 3.63) is 192 Å². The summed E-state index contributed by atoms with van der Waals surface area (Å²) < 4.78 is 7.27. The highest BCUT2D eigenvalue weighted by atomic mass is 32.1. The highest BCUT2D eigenvalue weighted by Crippen LogP contribution is 2.38. The number of thiophene rings is 1. The Kier molecular flexibility index (Phi) is 9.19. The summed E-state index contributed by atoms with van der Waals surface area (Å²) in [4.78, 5) is 15.4. The summed E-state index contributed by atoms with van der Waals surface area (Å²) in [5.41, 5.74) is 16.4. The van der Waals surface area contributed by atoms with Crippen molar-refractivity contribution in [3.63, 3.8) is 0 Å². The second kappa shape index (κ2) is 14.9. The Morgan fingerprint density at radius 3 is 1.66 bits per heavy atom. The fraction of sp³-hybridized carbons (Fsp3) is 0.0204. The van der Waals surface area contributed by atoms with Crippen molar-refractivity contribution in [2.24, 2.45) is 0 Å². The molecule has 0 unspecified atom stereocenters. The van der Waals surface area contributed by atoms with Crippen molar-refractivity contribution in [2.75, 3.05) is 5.73 Å². The SMILES string of the molecule is Cc1cccc2oc3cccc(-c4nc(-c5ccccc5)nc(-c5ccccc5)n4)c3c12.N=C(c1ccc(-c2ccccc2)cc1)c1sc2ccccc2c1N. The van der Waals surface area contributed by atoms with Gasteiger partial charge in [-0.3, -0.25) is 5.41 Å². The molecule has 6 nitrogen and oxygen atoms in total. The van der Waals surface area contributed by atoms with Gasteiger partial charge in [0.1, 0.15) is 11.2 Å². The molecule has 0 aliphatic heterocycles. The zero-order valence-corrected chi connectivity index (χ0v) is 31.3. The minimum Gasteiger partial charge on any atom is -0.456 e. The van der Waals surface area contributed by atoms with Crippen molar-refractivity contribution >= 4 is 54.8 Å². The molecular weight excluding hydrogens is 707 g/mol.